The second-order valence-electron chi connectivity index (χ2n) is 6.24. The van der Waals surface area contributed by atoms with Crippen molar-refractivity contribution in [3.05, 3.63) is 77.3 Å². The third kappa shape index (κ3) is 4.08. The summed E-state index contributed by atoms with van der Waals surface area (Å²) < 4.78 is 7.83. The Bertz CT molecular complexity index is 1090. The molecule has 1 amide bonds. The second-order valence-corrected chi connectivity index (χ2v) is 8.18. The highest BCUT2D eigenvalue weighted by atomic mass is 79.9. The Morgan fingerprint density at radius 3 is 2.54 bits per heavy atom. The maximum Gasteiger partial charge on any atom is 0.265 e. The van der Waals surface area contributed by atoms with Crippen LogP contribution in [0.4, 0.5) is 5.69 Å². The summed E-state index contributed by atoms with van der Waals surface area (Å²) in [6, 6.07) is 23.1. The molecule has 1 atom stereocenters. The predicted molar refractivity (Wildman–Crippen MR) is 118 cm³/mol. The fourth-order valence-electron chi connectivity index (χ4n) is 2.77. The molecular weight excluding hydrogens is 436 g/mol. The fourth-order valence-corrected chi connectivity index (χ4v) is 4.04. The van der Waals surface area contributed by atoms with Gasteiger partial charge in [0.1, 0.15) is 10.8 Å². The summed E-state index contributed by atoms with van der Waals surface area (Å²) in [5.41, 5.74) is 2.57. The van der Waals surface area contributed by atoms with Crippen LogP contribution in [0.3, 0.4) is 0 Å². The van der Waals surface area contributed by atoms with Gasteiger partial charge in [0.15, 0.2) is 6.10 Å². The summed E-state index contributed by atoms with van der Waals surface area (Å²) in [4.78, 5) is 17.4. The molecular formula is C22H17BrN2O2S. The monoisotopic (exact) mass is 452 g/mol. The van der Waals surface area contributed by atoms with Gasteiger partial charge in [-0.3, -0.25) is 4.79 Å². The number of ether oxygens (including phenoxy) is 1. The molecule has 6 heteroatoms. The number of nitrogens with one attached hydrogen (secondary N) is 1. The number of rotatable bonds is 5. The number of para-hydroxylation sites is 2. The van der Waals surface area contributed by atoms with E-state index >= 15 is 0 Å². The van der Waals surface area contributed by atoms with Crippen LogP contribution in [0.15, 0.2) is 77.3 Å². The lowest BCUT2D eigenvalue weighted by Gasteiger charge is -2.16. The Labute approximate surface area is 175 Å². The van der Waals surface area contributed by atoms with Crippen LogP contribution in [0.25, 0.3) is 20.8 Å². The van der Waals surface area contributed by atoms with Crippen LogP contribution in [0.5, 0.6) is 5.75 Å². The standard InChI is InChI=1S/C22H17BrN2O2S/c1-14(27-16-12-10-15(23)11-13-16)21(26)24-18-7-3-2-6-17(18)22-25-19-8-4-5-9-20(19)28-22/h2-14H,1H3,(H,24,26). The molecule has 4 rings (SSSR count). The van der Waals surface area contributed by atoms with Crippen LogP contribution in [0.1, 0.15) is 6.92 Å². The first-order valence-corrected chi connectivity index (χ1v) is 10.4. The number of hydrogen-bond acceptors (Lipinski definition) is 4. The maximum atomic E-state index is 12.7. The van der Waals surface area contributed by atoms with Gasteiger partial charge in [0.05, 0.1) is 15.9 Å². The van der Waals surface area contributed by atoms with Crippen molar-refractivity contribution < 1.29 is 9.53 Å². The molecule has 0 saturated carbocycles. The zero-order chi connectivity index (χ0) is 19.5. The van der Waals surface area contributed by atoms with Gasteiger partial charge < -0.3 is 10.1 Å². The Kier molecular flexibility index (Phi) is 5.41. The molecule has 1 heterocycles. The van der Waals surface area contributed by atoms with Gasteiger partial charge in [0.2, 0.25) is 0 Å². The lowest BCUT2D eigenvalue weighted by molar-refractivity contribution is -0.122. The molecule has 140 valence electrons. The molecule has 1 N–H and O–H groups in total. The first-order chi connectivity index (χ1) is 13.6. The van der Waals surface area contributed by atoms with Gasteiger partial charge in [0.25, 0.3) is 5.91 Å². The fraction of sp³-hybridized carbons (Fsp3) is 0.0909. The van der Waals surface area contributed by atoms with Crippen molar-refractivity contribution in [2.45, 2.75) is 13.0 Å². The van der Waals surface area contributed by atoms with Gasteiger partial charge >= 0.3 is 0 Å². The number of hydrogen-bond donors (Lipinski definition) is 1. The van der Waals surface area contributed by atoms with Crippen LogP contribution >= 0.6 is 27.3 Å². The Hall–Kier alpha value is -2.70. The van der Waals surface area contributed by atoms with Crippen molar-refractivity contribution in [3.8, 4) is 16.3 Å². The minimum atomic E-state index is -0.635. The van der Waals surface area contributed by atoms with Crippen molar-refractivity contribution in [1.29, 1.82) is 0 Å². The molecule has 0 aliphatic carbocycles. The van der Waals surface area contributed by atoms with Crippen molar-refractivity contribution in [3.63, 3.8) is 0 Å². The van der Waals surface area contributed by atoms with E-state index in [0.717, 1.165) is 30.9 Å². The number of aromatic nitrogens is 1. The van der Waals surface area contributed by atoms with Gasteiger partial charge in [-0.15, -0.1) is 11.3 Å². The van der Waals surface area contributed by atoms with E-state index in [-0.39, 0.29) is 5.91 Å². The van der Waals surface area contributed by atoms with E-state index in [1.807, 2.05) is 72.8 Å². The SMILES string of the molecule is CC(Oc1ccc(Br)cc1)C(=O)Nc1ccccc1-c1nc2ccccc2s1. The minimum absolute atomic E-state index is 0.212. The molecule has 0 aliphatic heterocycles. The smallest absolute Gasteiger partial charge is 0.265 e. The van der Waals surface area contributed by atoms with Crippen LogP contribution in [0, 0.1) is 0 Å². The summed E-state index contributed by atoms with van der Waals surface area (Å²) in [6.45, 7) is 1.73. The highest BCUT2D eigenvalue weighted by Crippen LogP contribution is 2.34. The molecule has 1 unspecified atom stereocenters. The Morgan fingerprint density at radius 2 is 1.75 bits per heavy atom. The van der Waals surface area contributed by atoms with Crippen LogP contribution in [-0.2, 0) is 4.79 Å². The van der Waals surface area contributed by atoms with E-state index in [2.05, 4.69) is 21.2 Å². The zero-order valence-electron chi connectivity index (χ0n) is 15.1. The number of carbonyl (C=O) groups is 1. The maximum absolute atomic E-state index is 12.7. The van der Waals surface area contributed by atoms with Crippen LogP contribution < -0.4 is 10.1 Å². The summed E-state index contributed by atoms with van der Waals surface area (Å²) in [6.07, 6.45) is -0.635. The quantitative estimate of drug-likeness (QED) is 0.396. The molecule has 28 heavy (non-hydrogen) atoms. The number of amides is 1. The van der Waals surface area contributed by atoms with Crippen molar-refractivity contribution in [2.75, 3.05) is 5.32 Å². The van der Waals surface area contributed by atoms with Gasteiger partial charge in [0, 0.05) is 10.0 Å². The summed E-state index contributed by atoms with van der Waals surface area (Å²) in [5.74, 6) is 0.432. The van der Waals surface area contributed by atoms with E-state index in [9.17, 15) is 4.79 Å². The number of thiazole rings is 1. The topological polar surface area (TPSA) is 51.2 Å². The first-order valence-electron chi connectivity index (χ1n) is 8.78. The number of carbonyl (C=O) groups excluding carboxylic acids is 1. The van der Waals surface area contributed by atoms with Gasteiger partial charge in [-0.1, -0.05) is 40.2 Å². The average Bonchev–Trinajstić information content (AvgIpc) is 3.14. The van der Waals surface area contributed by atoms with E-state index in [1.165, 1.54) is 0 Å². The molecule has 1 aromatic heterocycles. The largest absolute Gasteiger partial charge is 0.481 e. The molecule has 0 saturated heterocycles. The second kappa shape index (κ2) is 8.12. The highest BCUT2D eigenvalue weighted by molar-refractivity contribution is 9.10. The van der Waals surface area contributed by atoms with Crippen molar-refractivity contribution in [1.82, 2.24) is 4.98 Å². The summed E-state index contributed by atoms with van der Waals surface area (Å²) in [7, 11) is 0. The predicted octanol–water partition coefficient (Wildman–Crippen LogP) is 6.13. The van der Waals surface area contributed by atoms with Gasteiger partial charge in [-0.05, 0) is 55.5 Å². The number of fused-ring (bicyclic) bond motifs is 1. The van der Waals surface area contributed by atoms with E-state index in [0.29, 0.717) is 5.75 Å². The van der Waals surface area contributed by atoms with Gasteiger partial charge in [-0.2, -0.15) is 0 Å². The van der Waals surface area contributed by atoms with E-state index < -0.39 is 6.10 Å². The molecule has 0 fully saturated rings. The number of nitrogens with zero attached hydrogens (tertiary/aromatic N) is 1. The number of halogens is 1. The van der Waals surface area contributed by atoms with Crippen molar-refractivity contribution >= 4 is 49.1 Å². The van der Waals surface area contributed by atoms with E-state index in [1.54, 1.807) is 18.3 Å². The molecule has 0 radical (unpaired) electrons. The first kappa shape index (κ1) is 18.7. The molecule has 4 aromatic rings. The summed E-state index contributed by atoms with van der Waals surface area (Å²) in [5, 5.41) is 3.85. The lowest BCUT2D eigenvalue weighted by Crippen LogP contribution is -2.30. The minimum Gasteiger partial charge on any atom is -0.481 e. The summed E-state index contributed by atoms with van der Waals surface area (Å²) >= 11 is 4.99. The molecule has 0 bridgehead atoms. The number of benzene rings is 3. The molecule has 4 nitrogen and oxygen atoms in total. The molecule has 0 spiro atoms. The Morgan fingerprint density at radius 1 is 1.04 bits per heavy atom. The normalized spacial score (nSPS) is 11.9. The van der Waals surface area contributed by atoms with Crippen LogP contribution in [-0.4, -0.2) is 17.0 Å². The average molecular weight is 453 g/mol. The van der Waals surface area contributed by atoms with Gasteiger partial charge in [-0.25, -0.2) is 4.98 Å². The Balaban J connectivity index is 1.54. The van der Waals surface area contributed by atoms with Crippen LogP contribution in [0.2, 0.25) is 0 Å². The third-order valence-corrected chi connectivity index (χ3v) is 5.80. The third-order valence-electron chi connectivity index (χ3n) is 4.20. The molecule has 0 aliphatic rings. The highest BCUT2D eigenvalue weighted by Gasteiger charge is 2.18. The van der Waals surface area contributed by atoms with E-state index in [4.69, 9.17) is 9.72 Å². The lowest BCUT2D eigenvalue weighted by atomic mass is 10.2. The number of anilines is 1. The van der Waals surface area contributed by atoms with Crippen molar-refractivity contribution in [2.24, 2.45) is 0 Å². The zero-order valence-corrected chi connectivity index (χ0v) is 17.5. The molecule has 3 aromatic carbocycles.